The molecule has 0 bridgehead atoms. The summed E-state index contributed by atoms with van der Waals surface area (Å²) >= 11 is 0. The third-order valence-electron chi connectivity index (χ3n) is 3.63. The molecule has 0 aliphatic heterocycles. The lowest BCUT2D eigenvalue weighted by atomic mass is 10.0. The molecule has 2 aromatic carbocycles. The number of nitrogens with one attached hydrogen (secondary N) is 1. The highest BCUT2D eigenvalue weighted by atomic mass is 32.2. The lowest BCUT2D eigenvalue weighted by Crippen LogP contribution is -2.34. The summed E-state index contributed by atoms with van der Waals surface area (Å²) in [6.45, 7) is 4.39. The molecule has 23 heavy (non-hydrogen) atoms. The van der Waals surface area contributed by atoms with Gasteiger partial charge in [0, 0.05) is 6.54 Å². The van der Waals surface area contributed by atoms with Gasteiger partial charge in [-0.05, 0) is 34.7 Å². The predicted octanol–water partition coefficient (Wildman–Crippen LogP) is 2.93. The minimum absolute atomic E-state index is 0.258. The molecule has 1 unspecified atom stereocenters. The summed E-state index contributed by atoms with van der Waals surface area (Å²) < 4.78 is 32.9. The van der Waals surface area contributed by atoms with Crippen LogP contribution in [0.25, 0.3) is 10.8 Å². The van der Waals surface area contributed by atoms with Gasteiger partial charge >= 0.3 is 0 Å². The molecule has 6 heteroatoms. The van der Waals surface area contributed by atoms with Crippen LogP contribution in [0.4, 0.5) is 0 Å². The molecule has 2 rings (SSSR count). The van der Waals surface area contributed by atoms with Crippen LogP contribution in [0, 0.1) is 5.92 Å². The summed E-state index contributed by atoms with van der Waals surface area (Å²) in [5, 5.41) is 2.73. The second-order valence-corrected chi connectivity index (χ2v) is 7.48. The van der Waals surface area contributed by atoms with Crippen molar-refractivity contribution in [3.8, 4) is 0 Å². The van der Waals surface area contributed by atoms with Gasteiger partial charge in [-0.3, -0.25) is 9.35 Å². The summed E-state index contributed by atoms with van der Waals surface area (Å²) in [5.41, 5.74) is 0.258. The van der Waals surface area contributed by atoms with Gasteiger partial charge in [-0.15, -0.1) is 0 Å². The van der Waals surface area contributed by atoms with Crippen molar-refractivity contribution in [3.05, 3.63) is 48.0 Å². The van der Waals surface area contributed by atoms with Gasteiger partial charge < -0.3 is 5.32 Å². The monoisotopic (exact) mass is 335 g/mol. The van der Waals surface area contributed by atoms with E-state index in [-0.39, 0.29) is 5.56 Å². The Balaban J connectivity index is 2.32. The number of benzene rings is 2. The maximum Gasteiger partial charge on any atom is 0.281 e. The standard InChI is InChI=1S/C17H21NO4S/c1-12(2)9-10-18-17(19)16(23(20,21)22)15-8-7-13-5-3-4-6-14(13)11-15/h3-8,11-12,16H,9-10H2,1-2H3,(H,18,19)(H,20,21,22). The van der Waals surface area contributed by atoms with Gasteiger partial charge in [-0.2, -0.15) is 8.42 Å². The molecule has 2 N–H and O–H groups in total. The van der Waals surface area contributed by atoms with E-state index in [9.17, 15) is 17.8 Å². The van der Waals surface area contributed by atoms with Crippen molar-refractivity contribution in [1.82, 2.24) is 5.32 Å². The van der Waals surface area contributed by atoms with Crippen LogP contribution in [0.15, 0.2) is 42.5 Å². The lowest BCUT2D eigenvalue weighted by molar-refractivity contribution is -0.120. The molecule has 1 amide bonds. The van der Waals surface area contributed by atoms with Crippen LogP contribution in [0.3, 0.4) is 0 Å². The van der Waals surface area contributed by atoms with Crippen molar-refractivity contribution in [2.45, 2.75) is 25.5 Å². The average molecular weight is 335 g/mol. The highest BCUT2D eigenvalue weighted by Gasteiger charge is 2.32. The lowest BCUT2D eigenvalue weighted by Gasteiger charge is -2.15. The van der Waals surface area contributed by atoms with E-state index in [1.807, 2.05) is 38.1 Å². The summed E-state index contributed by atoms with van der Waals surface area (Å²) in [4.78, 5) is 12.3. The van der Waals surface area contributed by atoms with Gasteiger partial charge in [0.25, 0.3) is 10.1 Å². The molecule has 0 aromatic heterocycles. The number of carbonyl (C=O) groups is 1. The molecule has 124 valence electrons. The van der Waals surface area contributed by atoms with Gasteiger partial charge in [-0.25, -0.2) is 0 Å². The quantitative estimate of drug-likeness (QED) is 0.795. The first kappa shape index (κ1) is 17.4. The molecule has 0 heterocycles. The Morgan fingerprint density at radius 2 is 1.78 bits per heavy atom. The molecule has 0 saturated heterocycles. The minimum Gasteiger partial charge on any atom is -0.355 e. The Kier molecular flexibility index (Phi) is 5.38. The fourth-order valence-electron chi connectivity index (χ4n) is 2.41. The second-order valence-electron chi connectivity index (χ2n) is 5.98. The molecule has 0 spiro atoms. The number of hydrogen-bond acceptors (Lipinski definition) is 3. The number of amides is 1. The zero-order valence-corrected chi connectivity index (χ0v) is 14.0. The first-order valence-corrected chi connectivity index (χ1v) is 9.02. The van der Waals surface area contributed by atoms with Crippen LogP contribution in [0.2, 0.25) is 0 Å². The van der Waals surface area contributed by atoms with Crippen LogP contribution in [0.5, 0.6) is 0 Å². The highest BCUT2D eigenvalue weighted by molar-refractivity contribution is 7.86. The van der Waals surface area contributed by atoms with Crippen molar-refractivity contribution >= 4 is 26.8 Å². The van der Waals surface area contributed by atoms with Crippen LogP contribution >= 0.6 is 0 Å². The Morgan fingerprint density at radius 1 is 1.13 bits per heavy atom. The van der Waals surface area contributed by atoms with E-state index < -0.39 is 21.3 Å². The van der Waals surface area contributed by atoms with Crippen molar-refractivity contribution in [1.29, 1.82) is 0 Å². The summed E-state index contributed by atoms with van der Waals surface area (Å²) in [6, 6.07) is 12.3. The first-order chi connectivity index (χ1) is 10.8. The summed E-state index contributed by atoms with van der Waals surface area (Å²) in [6.07, 6.45) is 0.738. The average Bonchev–Trinajstić information content (AvgIpc) is 2.45. The van der Waals surface area contributed by atoms with E-state index in [1.54, 1.807) is 18.2 Å². The molecule has 5 nitrogen and oxygen atoms in total. The maximum atomic E-state index is 12.3. The van der Waals surface area contributed by atoms with Crippen molar-refractivity contribution in [2.75, 3.05) is 6.54 Å². The van der Waals surface area contributed by atoms with Gasteiger partial charge in [0.05, 0.1) is 0 Å². The van der Waals surface area contributed by atoms with Crippen molar-refractivity contribution in [3.63, 3.8) is 0 Å². The molecule has 0 aliphatic carbocycles. The van der Waals surface area contributed by atoms with Crippen LogP contribution in [0.1, 0.15) is 31.1 Å². The molecule has 0 radical (unpaired) electrons. The van der Waals surface area contributed by atoms with Crippen molar-refractivity contribution < 1.29 is 17.8 Å². The van der Waals surface area contributed by atoms with E-state index in [0.717, 1.165) is 17.2 Å². The predicted molar refractivity (Wildman–Crippen MR) is 90.7 cm³/mol. The number of carbonyl (C=O) groups excluding carboxylic acids is 1. The number of rotatable bonds is 6. The number of hydrogen-bond donors (Lipinski definition) is 2. The van der Waals surface area contributed by atoms with Crippen LogP contribution in [-0.2, 0) is 14.9 Å². The summed E-state index contributed by atoms with van der Waals surface area (Å²) in [7, 11) is -4.55. The highest BCUT2D eigenvalue weighted by Crippen LogP contribution is 2.25. The largest absolute Gasteiger partial charge is 0.355 e. The molecule has 0 fully saturated rings. The zero-order valence-electron chi connectivity index (χ0n) is 13.2. The van der Waals surface area contributed by atoms with E-state index in [0.29, 0.717) is 12.5 Å². The third-order valence-corrected chi connectivity index (χ3v) is 4.72. The fourth-order valence-corrected chi connectivity index (χ4v) is 3.25. The Hall–Kier alpha value is -1.92. The topological polar surface area (TPSA) is 83.5 Å². The van der Waals surface area contributed by atoms with E-state index >= 15 is 0 Å². The zero-order chi connectivity index (χ0) is 17.0. The molecule has 1 atom stereocenters. The van der Waals surface area contributed by atoms with Gasteiger partial charge in [-0.1, -0.05) is 50.2 Å². The first-order valence-electron chi connectivity index (χ1n) is 7.51. The van der Waals surface area contributed by atoms with Gasteiger partial charge in [0.1, 0.15) is 0 Å². The maximum absolute atomic E-state index is 12.3. The minimum atomic E-state index is -4.55. The normalized spacial score (nSPS) is 13.2. The molecule has 0 aliphatic rings. The molecular weight excluding hydrogens is 314 g/mol. The Labute approximate surface area is 136 Å². The van der Waals surface area contributed by atoms with E-state index in [1.165, 1.54) is 0 Å². The second kappa shape index (κ2) is 7.10. The van der Waals surface area contributed by atoms with E-state index in [4.69, 9.17) is 0 Å². The van der Waals surface area contributed by atoms with Crippen LogP contribution < -0.4 is 5.32 Å². The third kappa shape index (κ3) is 4.53. The molecular formula is C17H21NO4S. The fraction of sp³-hybridized carbons (Fsp3) is 0.353. The van der Waals surface area contributed by atoms with Gasteiger partial charge in [0.2, 0.25) is 5.91 Å². The molecule has 0 saturated carbocycles. The van der Waals surface area contributed by atoms with Crippen LogP contribution in [-0.4, -0.2) is 25.4 Å². The smallest absolute Gasteiger partial charge is 0.281 e. The molecule has 2 aromatic rings. The van der Waals surface area contributed by atoms with Crippen molar-refractivity contribution in [2.24, 2.45) is 5.92 Å². The van der Waals surface area contributed by atoms with E-state index in [2.05, 4.69) is 5.32 Å². The Morgan fingerprint density at radius 3 is 2.39 bits per heavy atom. The van der Waals surface area contributed by atoms with Gasteiger partial charge in [0.15, 0.2) is 5.25 Å². The Bertz CT molecular complexity index is 799. The number of fused-ring (bicyclic) bond motifs is 1. The summed E-state index contributed by atoms with van der Waals surface area (Å²) in [5.74, 6) is -0.316. The SMILES string of the molecule is CC(C)CCNC(=O)C(c1ccc2ccccc2c1)S(=O)(=O)O.